The van der Waals surface area contributed by atoms with Crippen molar-refractivity contribution >= 4 is 17.4 Å². The Hall–Kier alpha value is -2.37. The highest BCUT2D eigenvalue weighted by Crippen LogP contribution is 2.32. The maximum atomic E-state index is 12.1. The van der Waals surface area contributed by atoms with E-state index >= 15 is 0 Å². The van der Waals surface area contributed by atoms with E-state index in [9.17, 15) is 9.59 Å². The predicted octanol–water partition coefficient (Wildman–Crippen LogP) is 1.50. The Morgan fingerprint density at radius 2 is 2.27 bits per heavy atom. The van der Waals surface area contributed by atoms with Crippen molar-refractivity contribution in [2.75, 3.05) is 13.2 Å². The molecule has 4 rings (SSSR count). The summed E-state index contributed by atoms with van der Waals surface area (Å²) in [4.78, 5) is 30.0. The van der Waals surface area contributed by atoms with Crippen molar-refractivity contribution in [1.82, 2.24) is 14.3 Å². The number of amides is 1. The minimum atomic E-state index is -0.346. The third-order valence-corrected chi connectivity index (χ3v) is 4.33. The SMILES string of the molecule is O=C(OCC1CC(=O)N(C2CC2)C1)c1ccn2cncc2c1. The third kappa shape index (κ3) is 2.45. The summed E-state index contributed by atoms with van der Waals surface area (Å²) in [7, 11) is 0. The number of carbonyl (C=O) groups is 2. The molecule has 22 heavy (non-hydrogen) atoms. The van der Waals surface area contributed by atoms with Crippen LogP contribution in [0.5, 0.6) is 0 Å². The van der Waals surface area contributed by atoms with Gasteiger partial charge in [0.1, 0.15) is 0 Å². The van der Waals surface area contributed by atoms with Crippen molar-refractivity contribution in [3.05, 3.63) is 36.4 Å². The largest absolute Gasteiger partial charge is 0.462 e. The molecular formula is C16H17N3O3. The van der Waals surface area contributed by atoms with Crippen molar-refractivity contribution in [3.63, 3.8) is 0 Å². The highest BCUT2D eigenvalue weighted by Gasteiger charge is 2.39. The summed E-state index contributed by atoms with van der Waals surface area (Å²) in [6.45, 7) is 1.02. The quantitative estimate of drug-likeness (QED) is 0.803. The number of ether oxygens (including phenoxy) is 1. The molecular weight excluding hydrogens is 282 g/mol. The zero-order chi connectivity index (χ0) is 15.1. The van der Waals surface area contributed by atoms with E-state index in [4.69, 9.17) is 4.74 Å². The van der Waals surface area contributed by atoms with E-state index in [-0.39, 0.29) is 17.8 Å². The Bertz CT molecular complexity index is 735. The molecule has 3 heterocycles. The fourth-order valence-electron chi connectivity index (χ4n) is 2.98. The van der Waals surface area contributed by atoms with Crippen LogP contribution in [0, 0.1) is 5.92 Å². The van der Waals surface area contributed by atoms with Crippen LogP contribution in [0.3, 0.4) is 0 Å². The first-order valence-corrected chi connectivity index (χ1v) is 7.59. The normalized spacial score (nSPS) is 21.5. The number of esters is 1. The molecule has 6 nitrogen and oxygen atoms in total. The lowest BCUT2D eigenvalue weighted by molar-refractivity contribution is -0.128. The maximum Gasteiger partial charge on any atom is 0.338 e. The second-order valence-electron chi connectivity index (χ2n) is 6.09. The van der Waals surface area contributed by atoms with Gasteiger partial charge in [0.2, 0.25) is 5.91 Å². The van der Waals surface area contributed by atoms with Crippen LogP contribution in [0.25, 0.3) is 5.52 Å². The van der Waals surface area contributed by atoms with Gasteiger partial charge in [0, 0.05) is 31.1 Å². The van der Waals surface area contributed by atoms with E-state index in [1.165, 1.54) is 0 Å². The van der Waals surface area contributed by atoms with Crippen LogP contribution < -0.4 is 0 Å². The molecule has 0 bridgehead atoms. The Labute approximate surface area is 127 Å². The molecule has 1 saturated carbocycles. The number of likely N-dealkylation sites (tertiary alicyclic amines) is 1. The molecule has 2 aromatic heterocycles. The molecule has 1 aliphatic heterocycles. The molecule has 1 saturated heterocycles. The summed E-state index contributed by atoms with van der Waals surface area (Å²) in [6, 6.07) is 3.91. The number of fused-ring (bicyclic) bond motifs is 1. The van der Waals surface area contributed by atoms with Crippen molar-refractivity contribution in [2.24, 2.45) is 5.92 Å². The number of nitrogens with zero attached hydrogens (tertiary/aromatic N) is 3. The van der Waals surface area contributed by atoms with Gasteiger partial charge < -0.3 is 14.0 Å². The van der Waals surface area contributed by atoms with Gasteiger partial charge in [-0.1, -0.05) is 0 Å². The molecule has 114 valence electrons. The smallest absolute Gasteiger partial charge is 0.338 e. The third-order valence-electron chi connectivity index (χ3n) is 4.33. The molecule has 1 unspecified atom stereocenters. The lowest BCUT2D eigenvalue weighted by Gasteiger charge is -2.15. The number of rotatable bonds is 4. The van der Waals surface area contributed by atoms with Crippen LogP contribution in [0.15, 0.2) is 30.9 Å². The van der Waals surface area contributed by atoms with E-state index < -0.39 is 0 Å². The highest BCUT2D eigenvalue weighted by molar-refractivity contribution is 5.90. The first-order valence-electron chi connectivity index (χ1n) is 7.59. The van der Waals surface area contributed by atoms with Crippen molar-refractivity contribution < 1.29 is 14.3 Å². The van der Waals surface area contributed by atoms with Crippen LogP contribution in [-0.4, -0.2) is 45.4 Å². The minimum Gasteiger partial charge on any atom is -0.462 e. The second-order valence-corrected chi connectivity index (χ2v) is 6.09. The Kier molecular flexibility index (Phi) is 3.10. The molecule has 0 aromatic carbocycles. The fraction of sp³-hybridized carbons (Fsp3) is 0.438. The van der Waals surface area contributed by atoms with Crippen LogP contribution >= 0.6 is 0 Å². The van der Waals surface area contributed by atoms with E-state index in [1.54, 1.807) is 30.9 Å². The Morgan fingerprint density at radius 3 is 3.09 bits per heavy atom. The van der Waals surface area contributed by atoms with E-state index in [1.807, 2.05) is 9.30 Å². The summed E-state index contributed by atoms with van der Waals surface area (Å²) in [5.74, 6) is -0.0269. The minimum absolute atomic E-state index is 0.121. The lowest BCUT2D eigenvalue weighted by Crippen LogP contribution is -2.27. The summed E-state index contributed by atoms with van der Waals surface area (Å²) < 4.78 is 7.22. The van der Waals surface area contributed by atoms with Gasteiger partial charge in [0.15, 0.2) is 0 Å². The highest BCUT2D eigenvalue weighted by atomic mass is 16.5. The summed E-state index contributed by atoms with van der Waals surface area (Å²) in [5.41, 5.74) is 1.36. The molecule has 2 aromatic rings. The molecule has 2 fully saturated rings. The van der Waals surface area contributed by atoms with Crippen LogP contribution in [-0.2, 0) is 9.53 Å². The standard InChI is InChI=1S/C16H17N3O3/c20-15-5-11(8-19(15)13-1-2-13)9-22-16(21)12-3-4-18-10-17-7-14(18)6-12/h3-4,6-7,10-11,13H,1-2,5,8-9H2. The first kappa shape index (κ1) is 13.3. The molecule has 0 spiro atoms. The van der Waals surface area contributed by atoms with E-state index in [2.05, 4.69) is 4.98 Å². The number of hydrogen-bond donors (Lipinski definition) is 0. The zero-order valence-corrected chi connectivity index (χ0v) is 12.1. The molecule has 2 aliphatic rings. The number of pyridine rings is 1. The van der Waals surface area contributed by atoms with Crippen LogP contribution in [0.1, 0.15) is 29.6 Å². The fourth-order valence-corrected chi connectivity index (χ4v) is 2.98. The van der Waals surface area contributed by atoms with Crippen LogP contribution in [0.4, 0.5) is 0 Å². The Balaban J connectivity index is 1.37. The van der Waals surface area contributed by atoms with Gasteiger partial charge >= 0.3 is 5.97 Å². The van der Waals surface area contributed by atoms with Gasteiger partial charge in [-0.25, -0.2) is 9.78 Å². The first-order chi connectivity index (χ1) is 10.7. The molecule has 1 aliphatic carbocycles. The lowest BCUT2D eigenvalue weighted by atomic mass is 10.1. The molecule has 1 amide bonds. The van der Waals surface area contributed by atoms with Gasteiger partial charge in [-0.3, -0.25) is 4.79 Å². The summed E-state index contributed by atoms with van der Waals surface area (Å²) in [5, 5.41) is 0. The van der Waals surface area contributed by atoms with Crippen LogP contribution in [0.2, 0.25) is 0 Å². The summed E-state index contributed by atoms with van der Waals surface area (Å²) in [6.07, 6.45) is 7.88. The van der Waals surface area contributed by atoms with Gasteiger partial charge in [-0.2, -0.15) is 0 Å². The maximum absolute atomic E-state index is 12.1. The molecule has 1 atom stereocenters. The molecule has 0 radical (unpaired) electrons. The van der Waals surface area contributed by atoms with Crippen molar-refractivity contribution in [3.8, 4) is 0 Å². The topological polar surface area (TPSA) is 63.9 Å². The molecule has 0 N–H and O–H groups in total. The van der Waals surface area contributed by atoms with Gasteiger partial charge in [-0.05, 0) is 25.0 Å². The van der Waals surface area contributed by atoms with Crippen molar-refractivity contribution in [1.29, 1.82) is 0 Å². The number of hydrogen-bond acceptors (Lipinski definition) is 4. The monoisotopic (exact) mass is 299 g/mol. The van der Waals surface area contributed by atoms with E-state index in [0.717, 1.165) is 24.9 Å². The Morgan fingerprint density at radius 1 is 1.41 bits per heavy atom. The van der Waals surface area contributed by atoms with Gasteiger partial charge in [0.05, 0.1) is 30.2 Å². The number of aromatic nitrogens is 2. The van der Waals surface area contributed by atoms with Crippen molar-refractivity contribution in [2.45, 2.75) is 25.3 Å². The van der Waals surface area contributed by atoms with Gasteiger partial charge in [0.25, 0.3) is 0 Å². The zero-order valence-electron chi connectivity index (χ0n) is 12.1. The number of imidazole rings is 1. The second kappa shape index (κ2) is 5.12. The summed E-state index contributed by atoms with van der Waals surface area (Å²) >= 11 is 0. The van der Waals surface area contributed by atoms with E-state index in [0.29, 0.717) is 24.6 Å². The predicted molar refractivity (Wildman–Crippen MR) is 78.3 cm³/mol. The number of carbonyl (C=O) groups excluding carboxylic acids is 2. The average Bonchev–Trinajstić information content (AvgIpc) is 3.13. The molecule has 6 heteroatoms. The average molecular weight is 299 g/mol. The van der Waals surface area contributed by atoms with Gasteiger partial charge in [-0.15, -0.1) is 0 Å².